The summed E-state index contributed by atoms with van der Waals surface area (Å²) in [7, 11) is 0. The zero-order valence-electron chi connectivity index (χ0n) is 17.0. The van der Waals surface area contributed by atoms with E-state index in [1.165, 1.54) is 11.6 Å². The van der Waals surface area contributed by atoms with Gasteiger partial charge in [0.05, 0.1) is 12.3 Å². The van der Waals surface area contributed by atoms with E-state index >= 15 is 0 Å². The molecule has 6 heteroatoms. The van der Waals surface area contributed by atoms with E-state index in [1.807, 2.05) is 19.1 Å². The quantitative estimate of drug-likeness (QED) is 0.522. The molecular weight excluding hydrogens is 388 g/mol. The summed E-state index contributed by atoms with van der Waals surface area (Å²) in [5, 5.41) is 3.43. The summed E-state index contributed by atoms with van der Waals surface area (Å²) in [5.41, 5.74) is 3.23. The number of furan rings is 1. The highest BCUT2D eigenvalue weighted by Gasteiger charge is 2.20. The monoisotopic (exact) mass is 411 g/mol. The van der Waals surface area contributed by atoms with Crippen LogP contribution in [0.4, 0.5) is 14.5 Å². The molecule has 0 radical (unpaired) electrons. The predicted octanol–water partition coefficient (Wildman–Crippen LogP) is 6.03. The van der Waals surface area contributed by atoms with Crippen LogP contribution in [0.5, 0.6) is 5.75 Å². The topological polar surface area (TPSA) is 51.5 Å². The number of hydrogen-bond donors (Lipinski definition) is 1. The maximum Gasteiger partial charge on any atom is 0.248 e. The Labute approximate surface area is 173 Å². The third-order valence-corrected chi connectivity index (χ3v) is 5.32. The van der Waals surface area contributed by atoms with Gasteiger partial charge < -0.3 is 14.5 Å². The van der Waals surface area contributed by atoms with Crippen molar-refractivity contribution in [3.8, 4) is 5.75 Å². The first kappa shape index (κ1) is 20.1. The molecule has 1 amide bonds. The van der Waals surface area contributed by atoms with Crippen LogP contribution >= 0.6 is 0 Å². The normalized spacial score (nSPS) is 13.9. The number of anilines is 1. The van der Waals surface area contributed by atoms with Crippen LogP contribution in [0.15, 0.2) is 40.8 Å². The lowest BCUT2D eigenvalue weighted by Gasteiger charge is -2.12. The summed E-state index contributed by atoms with van der Waals surface area (Å²) in [5.74, 6) is -0.223. The lowest BCUT2D eigenvalue weighted by Crippen LogP contribution is -2.10. The molecule has 1 N–H and O–H groups in total. The van der Waals surface area contributed by atoms with E-state index in [0.717, 1.165) is 66.2 Å². The summed E-state index contributed by atoms with van der Waals surface area (Å²) in [6, 6.07) is 6.79. The smallest absolute Gasteiger partial charge is 0.248 e. The van der Waals surface area contributed by atoms with Crippen LogP contribution in [0.1, 0.15) is 43.6 Å². The minimum atomic E-state index is -0.697. The van der Waals surface area contributed by atoms with Gasteiger partial charge >= 0.3 is 0 Å². The second-order valence-electron chi connectivity index (χ2n) is 7.43. The molecule has 0 saturated carbocycles. The van der Waals surface area contributed by atoms with Gasteiger partial charge in [0.25, 0.3) is 0 Å². The van der Waals surface area contributed by atoms with Gasteiger partial charge in [0.2, 0.25) is 5.91 Å². The van der Waals surface area contributed by atoms with Crippen molar-refractivity contribution < 1.29 is 22.7 Å². The Morgan fingerprint density at radius 3 is 2.80 bits per heavy atom. The van der Waals surface area contributed by atoms with Crippen molar-refractivity contribution in [3.05, 3.63) is 64.9 Å². The van der Waals surface area contributed by atoms with Crippen molar-refractivity contribution in [1.29, 1.82) is 0 Å². The third kappa shape index (κ3) is 3.95. The molecule has 156 valence electrons. The molecule has 1 aromatic heterocycles. The summed E-state index contributed by atoms with van der Waals surface area (Å²) < 4.78 is 39.0. The average molecular weight is 411 g/mol. The Balaban J connectivity index is 1.70. The van der Waals surface area contributed by atoms with E-state index in [1.54, 1.807) is 6.92 Å². The molecule has 1 aliphatic carbocycles. The number of nitrogens with one attached hydrogen (secondary N) is 1. The molecule has 0 unspecified atom stereocenters. The molecule has 0 spiro atoms. The highest BCUT2D eigenvalue weighted by atomic mass is 19.1. The number of carbonyl (C=O) groups excluding carboxylic acids is 1. The van der Waals surface area contributed by atoms with Gasteiger partial charge in [0.1, 0.15) is 28.7 Å². The molecule has 4 rings (SSSR count). The molecular formula is C24H23F2NO3. The fourth-order valence-corrected chi connectivity index (χ4v) is 3.91. The molecule has 0 bridgehead atoms. The van der Waals surface area contributed by atoms with Gasteiger partial charge in [-0.05, 0) is 56.9 Å². The zero-order chi connectivity index (χ0) is 21.3. The van der Waals surface area contributed by atoms with Crippen LogP contribution in [0.2, 0.25) is 0 Å². The van der Waals surface area contributed by atoms with Crippen LogP contribution in [-0.2, 0) is 17.6 Å². The summed E-state index contributed by atoms with van der Waals surface area (Å²) in [6.07, 6.45) is 5.51. The van der Waals surface area contributed by atoms with E-state index < -0.39 is 17.5 Å². The summed E-state index contributed by atoms with van der Waals surface area (Å²) >= 11 is 0. The average Bonchev–Trinajstić information content (AvgIpc) is 3.07. The molecule has 3 aromatic rings. The number of halogens is 2. The second kappa shape index (κ2) is 8.30. The van der Waals surface area contributed by atoms with E-state index in [9.17, 15) is 13.6 Å². The predicted molar refractivity (Wildman–Crippen MR) is 113 cm³/mol. The van der Waals surface area contributed by atoms with Crippen LogP contribution in [0.3, 0.4) is 0 Å². The first-order chi connectivity index (χ1) is 14.5. The number of amides is 1. The first-order valence-electron chi connectivity index (χ1n) is 10.1. The number of rotatable bonds is 5. The highest BCUT2D eigenvalue weighted by Crippen LogP contribution is 2.38. The maximum atomic E-state index is 13.8. The molecule has 1 aliphatic rings. The Bertz CT molecular complexity index is 1150. The maximum absolute atomic E-state index is 13.8. The number of allylic oxidation sites excluding steroid dienone is 1. The number of benzene rings is 2. The Morgan fingerprint density at radius 1 is 1.20 bits per heavy atom. The zero-order valence-corrected chi connectivity index (χ0v) is 17.0. The Hall–Kier alpha value is -3.15. The second-order valence-corrected chi connectivity index (χ2v) is 7.43. The van der Waals surface area contributed by atoms with E-state index in [-0.39, 0.29) is 5.69 Å². The van der Waals surface area contributed by atoms with Gasteiger partial charge in [-0.3, -0.25) is 4.79 Å². The largest absolute Gasteiger partial charge is 0.493 e. The lowest BCUT2D eigenvalue weighted by atomic mass is 9.94. The van der Waals surface area contributed by atoms with Crippen molar-refractivity contribution in [3.63, 3.8) is 0 Å². The molecule has 0 fully saturated rings. The highest BCUT2D eigenvalue weighted by molar-refractivity contribution is 6.04. The minimum Gasteiger partial charge on any atom is -0.493 e. The van der Waals surface area contributed by atoms with Crippen LogP contribution in [0, 0.1) is 11.6 Å². The molecule has 0 atom stereocenters. The van der Waals surface area contributed by atoms with E-state index in [4.69, 9.17) is 9.15 Å². The van der Waals surface area contributed by atoms with E-state index in [2.05, 4.69) is 5.32 Å². The van der Waals surface area contributed by atoms with Crippen molar-refractivity contribution in [1.82, 2.24) is 0 Å². The Morgan fingerprint density at radius 2 is 2.00 bits per heavy atom. The Kier molecular flexibility index (Phi) is 5.57. The molecule has 30 heavy (non-hydrogen) atoms. The molecule has 0 aliphatic heterocycles. The number of carbonyl (C=O) groups is 1. The SMILES string of the molecule is CCOc1cc2oc3c(c2cc1/C(C)=C/C(=O)Nc1cc(F)ccc1F)CCCC3. The molecule has 4 nitrogen and oxygen atoms in total. The van der Waals surface area contributed by atoms with Gasteiger partial charge in [-0.1, -0.05) is 0 Å². The van der Waals surface area contributed by atoms with Crippen molar-refractivity contribution in [2.75, 3.05) is 11.9 Å². The number of ether oxygens (including phenoxy) is 1. The van der Waals surface area contributed by atoms with Gasteiger partial charge in [-0.15, -0.1) is 0 Å². The third-order valence-electron chi connectivity index (χ3n) is 5.32. The van der Waals surface area contributed by atoms with Gasteiger partial charge in [-0.2, -0.15) is 0 Å². The van der Waals surface area contributed by atoms with Crippen molar-refractivity contribution in [2.24, 2.45) is 0 Å². The van der Waals surface area contributed by atoms with E-state index in [0.29, 0.717) is 17.9 Å². The summed E-state index contributed by atoms with van der Waals surface area (Å²) in [4.78, 5) is 12.4. The van der Waals surface area contributed by atoms with Crippen molar-refractivity contribution in [2.45, 2.75) is 39.5 Å². The minimum absolute atomic E-state index is 0.201. The summed E-state index contributed by atoms with van der Waals surface area (Å²) in [6.45, 7) is 4.14. The molecule has 2 aromatic carbocycles. The molecule has 1 heterocycles. The first-order valence-corrected chi connectivity index (χ1v) is 10.1. The standard InChI is InChI=1S/C24H23F2NO3/c1-3-29-22-13-23-18(16-6-4-5-7-21(16)30-23)12-17(22)14(2)10-24(28)27-20-11-15(25)8-9-19(20)26/h8-13H,3-7H2,1-2H3,(H,27,28)/b14-10+. The van der Waals surface area contributed by atoms with Crippen molar-refractivity contribution >= 4 is 28.1 Å². The van der Waals surface area contributed by atoms with Gasteiger partial charge in [0, 0.05) is 41.1 Å². The number of aryl methyl sites for hydroxylation is 2. The lowest BCUT2D eigenvalue weighted by molar-refractivity contribution is -0.111. The van der Waals surface area contributed by atoms with Crippen LogP contribution in [0.25, 0.3) is 16.5 Å². The van der Waals surface area contributed by atoms with Gasteiger partial charge in [0.15, 0.2) is 0 Å². The number of hydrogen-bond acceptors (Lipinski definition) is 3. The fraction of sp³-hybridized carbons (Fsp3) is 0.292. The molecule has 0 saturated heterocycles. The number of fused-ring (bicyclic) bond motifs is 3. The van der Waals surface area contributed by atoms with Crippen LogP contribution < -0.4 is 10.1 Å². The van der Waals surface area contributed by atoms with Gasteiger partial charge in [-0.25, -0.2) is 8.78 Å². The van der Waals surface area contributed by atoms with Crippen LogP contribution in [-0.4, -0.2) is 12.5 Å². The fourth-order valence-electron chi connectivity index (χ4n) is 3.91.